The van der Waals surface area contributed by atoms with Crippen LogP contribution in [0, 0.1) is 5.41 Å². The van der Waals surface area contributed by atoms with E-state index in [0.29, 0.717) is 6.42 Å². The van der Waals surface area contributed by atoms with Crippen molar-refractivity contribution in [3.63, 3.8) is 0 Å². The third-order valence-electron chi connectivity index (χ3n) is 1.81. The van der Waals surface area contributed by atoms with Crippen LogP contribution >= 0.6 is 0 Å². The lowest BCUT2D eigenvalue weighted by Gasteiger charge is -2.01. The second-order valence-corrected chi connectivity index (χ2v) is 2.94. The minimum absolute atomic E-state index is 0.216. The van der Waals surface area contributed by atoms with Crippen LogP contribution in [0.5, 0.6) is 0 Å². The molecule has 0 radical (unpaired) electrons. The number of carboxylic acids is 1. The Kier molecular flexibility index (Phi) is 3.36. The first-order valence-corrected chi connectivity index (χ1v) is 4.13. The number of aliphatic hydroxyl groups is 1. The Bertz CT molecular complexity index is 343. The quantitative estimate of drug-likeness (QED) is 0.622. The fraction of sp³-hybridized carbons (Fsp3) is 0.200. The number of rotatable bonds is 4. The van der Waals surface area contributed by atoms with Crippen molar-refractivity contribution in [2.75, 3.05) is 6.61 Å². The number of aliphatic hydroxyl groups excluding tert-OH is 1. The average Bonchev–Trinajstić information content (AvgIpc) is 2.18. The third-order valence-corrected chi connectivity index (χ3v) is 1.81. The molecule has 0 saturated carbocycles. The molecule has 0 heterocycles. The summed E-state index contributed by atoms with van der Waals surface area (Å²) in [5, 5.41) is 24.5. The van der Waals surface area contributed by atoms with Crippen LogP contribution in [-0.2, 0) is 6.42 Å². The van der Waals surface area contributed by atoms with Gasteiger partial charge in [0.05, 0.1) is 12.2 Å². The van der Waals surface area contributed by atoms with E-state index in [-0.39, 0.29) is 17.9 Å². The Morgan fingerprint density at radius 1 is 1.29 bits per heavy atom. The molecular weight excluding hydrogens is 182 g/mol. The maximum Gasteiger partial charge on any atom is 0.335 e. The maximum atomic E-state index is 10.5. The number of benzene rings is 1. The van der Waals surface area contributed by atoms with E-state index in [1.165, 1.54) is 12.1 Å². The molecular formula is C10H11NO3. The molecule has 0 fully saturated rings. The van der Waals surface area contributed by atoms with Crippen molar-refractivity contribution in [1.82, 2.24) is 0 Å². The summed E-state index contributed by atoms with van der Waals surface area (Å²) < 4.78 is 0. The lowest BCUT2D eigenvalue weighted by molar-refractivity contribution is 0.0697. The summed E-state index contributed by atoms with van der Waals surface area (Å²) in [4.78, 5) is 10.5. The molecule has 0 aliphatic rings. The fourth-order valence-electron chi connectivity index (χ4n) is 1.07. The molecule has 1 rings (SSSR count). The molecule has 0 unspecified atom stereocenters. The molecule has 0 amide bonds. The van der Waals surface area contributed by atoms with Crippen molar-refractivity contribution < 1.29 is 15.0 Å². The monoisotopic (exact) mass is 193 g/mol. The van der Waals surface area contributed by atoms with Crippen molar-refractivity contribution in [3.05, 3.63) is 35.4 Å². The predicted octanol–water partition coefficient (Wildman–Crippen LogP) is 0.939. The molecule has 0 spiro atoms. The number of aromatic carboxylic acids is 1. The van der Waals surface area contributed by atoms with Gasteiger partial charge in [0.15, 0.2) is 0 Å². The number of hydrogen-bond donors (Lipinski definition) is 3. The summed E-state index contributed by atoms with van der Waals surface area (Å²) in [5.74, 6) is -0.964. The van der Waals surface area contributed by atoms with Crippen molar-refractivity contribution in [2.24, 2.45) is 0 Å². The second-order valence-electron chi connectivity index (χ2n) is 2.94. The number of carboxylic acid groups (broad SMARTS) is 1. The van der Waals surface area contributed by atoms with E-state index in [4.69, 9.17) is 15.6 Å². The van der Waals surface area contributed by atoms with Crippen LogP contribution in [0.15, 0.2) is 24.3 Å². The van der Waals surface area contributed by atoms with Crippen LogP contribution in [0.1, 0.15) is 15.9 Å². The van der Waals surface area contributed by atoms with E-state index in [2.05, 4.69) is 0 Å². The van der Waals surface area contributed by atoms with Crippen molar-refractivity contribution in [1.29, 1.82) is 5.41 Å². The van der Waals surface area contributed by atoms with Gasteiger partial charge in [0.25, 0.3) is 0 Å². The second kappa shape index (κ2) is 4.53. The van der Waals surface area contributed by atoms with Crippen molar-refractivity contribution in [3.8, 4) is 0 Å². The Hall–Kier alpha value is -1.68. The first-order valence-electron chi connectivity index (χ1n) is 4.13. The molecule has 0 aliphatic carbocycles. The van der Waals surface area contributed by atoms with Gasteiger partial charge in [-0.2, -0.15) is 0 Å². The maximum absolute atomic E-state index is 10.5. The van der Waals surface area contributed by atoms with Gasteiger partial charge >= 0.3 is 5.97 Å². The highest BCUT2D eigenvalue weighted by molar-refractivity contribution is 5.88. The zero-order chi connectivity index (χ0) is 10.6. The van der Waals surface area contributed by atoms with E-state index >= 15 is 0 Å². The van der Waals surface area contributed by atoms with Gasteiger partial charge in [-0.05, 0) is 17.7 Å². The molecule has 74 valence electrons. The highest BCUT2D eigenvalue weighted by Crippen LogP contribution is 2.05. The molecule has 4 nitrogen and oxygen atoms in total. The number of nitrogens with one attached hydrogen (secondary N) is 1. The summed E-state index contributed by atoms with van der Waals surface area (Å²) in [7, 11) is 0. The van der Waals surface area contributed by atoms with Crippen LogP contribution in [0.4, 0.5) is 0 Å². The Labute approximate surface area is 81.3 Å². The molecule has 14 heavy (non-hydrogen) atoms. The summed E-state index contributed by atoms with van der Waals surface area (Å²) in [5.41, 5.74) is 1.27. The van der Waals surface area contributed by atoms with Crippen molar-refractivity contribution >= 4 is 11.7 Å². The van der Waals surface area contributed by atoms with Gasteiger partial charge in [-0.15, -0.1) is 0 Å². The lowest BCUT2D eigenvalue weighted by atomic mass is 10.1. The molecule has 0 aliphatic heterocycles. The Morgan fingerprint density at radius 3 is 2.29 bits per heavy atom. The zero-order valence-corrected chi connectivity index (χ0v) is 7.53. The van der Waals surface area contributed by atoms with Gasteiger partial charge in [-0.25, -0.2) is 4.79 Å². The van der Waals surface area contributed by atoms with E-state index < -0.39 is 5.97 Å². The van der Waals surface area contributed by atoms with E-state index in [9.17, 15) is 4.79 Å². The van der Waals surface area contributed by atoms with Gasteiger partial charge in [0.2, 0.25) is 0 Å². The highest BCUT2D eigenvalue weighted by atomic mass is 16.4. The molecule has 4 heteroatoms. The summed E-state index contributed by atoms with van der Waals surface area (Å²) in [6, 6.07) is 6.27. The molecule has 0 aromatic heterocycles. The van der Waals surface area contributed by atoms with Crippen LogP contribution in [0.2, 0.25) is 0 Å². The lowest BCUT2D eigenvalue weighted by Crippen LogP contribution is -2.06. The summed E-state index contributed by atoms with van der Waals surface area (Å²) in [6.45, 7) is -0.263. The average molecular weight is 193 g/mol. The van der Waals surface area contributed by atoms with Crippen LogP contribution in [-0.4, -0.2) is 28.5 Å². The van der Waals surface area contributed by atoms with Crippen molar-refractivity contribution in [2.45, 2.75) is 6.42 Å². The first-order chi connectivity index (χ1) is 6.63. The molecule has 3 N–H and O–H groups in total. The van der Waals surface area contributed by atoms with Crippen LogP contribution < -0.4 is 0 Å². The summed E-state index contributed by atoms with van der Waals surface area (Å²) >= 11 is 0. The van der Waals surface area contributed by atoms with E-state index in [0.717, 1.165) is 5.56 Å². The van der Waals surface area contributed by atoms with Gasteiger partial charge in [-0.1, -0.05) is 12.1 Å². The topological polar surface area (TPSA) is 81.4 Å². The number of carbonyl (C=O) groups is 1. The zero-order valence-electron chi connectivity index (χ0n) is 7.53. The Morgan fingerprint density at radius 2 is 1.86 bits per heavy atom. The molecule has 0 saturated heterocycles. The minimum Gasteiger partial charge on any atom is -0.478 e. The minimum atomic E-state index is -0.964. The molecule has 0 atom stereocenters. The molecule has 1 aromatic rings. The highest BCUT2D eigenvalue weighted by Gasteiger charge is 2.02. The van der Waals surface area contributed by atoms with Gasteiger partial charge in [0, 0.05) is 12.1 Å². The third kappa shape index (κ3) is 2.67. The smallest absolute Gasteiger partial charge is 0.335 e. The molecule has 0 bridgehead atoms. The number of hydrogen-bond acceptors (Lipinski definition) is 3. The van der Waals surface area contributed by atoms with Gasteiger partial charge < -0.3 is 15.6 Å². The van der Waals surface area contributed by atoms with Crippen LogP contribution in [0.3, 0.4) is 0 Å². The SMILES string of the molecule is N=C(CO)Cc1ccc(C(=O)O)cc1. The summed E-state index contributed by atoms with van der Waals surface area (Å²) in [6.07, 6.45) is 0.358. The predicted molar refractivity (Wildman–Crippen MR) is 51.9 cm³/mol. The van der Waals surface area contributed by atoms with Gasteiger partial charge in [0.1, 0.15) is 0 Å². The molecule has 1 aromatic carbocycles. The largest absolute Gasteiger partial charge is 0.478 e. The normalized spacial score (nSPS) is 9.79. The van der Waals surface area contributed by atoms with Crippen LogP contribution in [0.25, 0.3) is 0 Å². The first kappa shape index (κ1) is 10.4. The fourth-order valence-corrected chi connectivity index (χ4v) is 1.07. The van der Waals surface area contributed by atoms with E-state index in [1.54, 1.807) is 12.1 Å². The Balaban J connectivity index is 2.73. The standard InChI is InChI=1S/C10H11NO3/c11-9(6-12)5-7-1-3-8(4-2-7)10(13)14/h1-4,11-12H,5-6H2,(H,13,14). The van der Waals surface area contributed by atoms with Gasteiger partial charge in [-0.3, -0.25) is 0 Å². The van der Waals surface area contributed by atoms with E-state index in [1.807, 2.05) is 0 Å².